The Balaban J connectivity index is 4.71. The lowest BCUT2D eigenvalue weighted by Crippen LogP contribution is -2.37. The molecule has 13 heavy (non-hydrogen) atoms. The van der Waals surface area contributed by atoms with E-state index in [9.17, 15) is 0 Å². The molecule has 80 valence electrons. The molecule has 0 aliphatic heterocycles. The lowest BCUT2D eigenvalue weighted by Gasteiger charge is -2.44. The lowest BCUT2D eigenvalue weighted by molar-refractivity contribution is 0.0487. The van der Waals surface area contributed by atoms with E-state index in [2.05, 4.69) is 48.5 Å². The van der Waals surface area contributed by atoms with E-state index in [1.165, 1.54) is 12.8 Å². The third kappa shape index (κ3) is 2.48. The monoisotopic (exact) mass is 184 g/mol. The fourth-order valence-corrected chi connectivity index (χ4v) is 2.50. The molecule has 0 rings (SSSR count). The van der Waals surface area contributed by atoms with Gasteiger partial charge < -0.3 is 0 Å². The van der Waals surface area contributed by atoms with Crippen molar-refractivity contribution in [3.05, 3.63) is 0 Å². The van der Waals surface area contributed by atoms with Crippen LogP contribution in [0.1, 0.15) is 61.3 Å². The average molecular weight is 184 g/mol. The highest BCUT2D eigenvalue weighted by molar-refractivity contribution is 4.86. The van der Waals surface area contributed by atoms with Crippen molar-refractivity contribution in [1.82, 2.24) is 0 Å². The molecule has 0 bridgehead atoms. The average Bonchev–Trinajstić information content (AvgIpc) is 2.13. The number of hydrogen-bond acceptors (Lipinski definition) is 0. The van der Waals surface area contributed by atoms with Gasteiger partial charge in [0.25, 0.3) is 0 Å². The minimum absolute atomic E-state index is 0.517. The lowest BCUT2D eigenvalue weighted by atomic mass is 9.61. The first-order valence-electron chi connectivity index (χ1n) is 5.91. The first-order chi connectivity index (χ1) is 5.91. The molecule has 0 nitrogen and oxygen atoms in total. The van der Waals surface area contributed by atoms with E-state index >= 15 is 0 Å². The Morgan fingerprint density at radius 3 is 1.31 bits per heavy atom. The fourth-order valence-electron chi connectivity index (χ4n) is 2.50. The summed E-state index contributed by atoms with van der Waals surface area (Å²) in [5.41, 5.74) is 0.517. The van der Waals surface area contributed by atoms with Crippen LogP contribution >= 0.6 is 0 Å². The zero-order chi connectivity index (χ0) is 10.6. The summed E-state index contributed by atoms with van der Waals surface area (Å²) in [6.07, 6.45) is 2.61. The van der Waals surface area contributed by atoms with E-state index in [0.717, 1.165) is 17.8 Å². The predicted octanol–water partition coefficient (Wildman–Crippen LogP) is 4.74. The van der Waals surface area contributed by atoms with Gasteiger partial charge >= 0.3 is 0 Å². The van der Waals surface area contributed by atoms with Crippen LogP contribution in [-0.4, -0.2) is 0 Å². The van der Waals surface area contributed by atoms with Gasteiger partial charge in [-0.15, -0.1) is 0 Å². The second-order valence-electron chi connectivity index (χ2n) is 5.14. The molecule has 0 aliphatic rings. The molecule has 2 atom stereocenters. The molecule has 0 heteroatoms. The Labute approximate surface area is 85.1 Å². The number of rotatable bonds is 5. The summed E-state index contributed by atoms with van der Waals surface area (Å²) in [4.78, 5) is 0. The van der Waals surface area contributed by atoms with Gasteiger partial charge in [0.2, 0.25) is 0 Å². The second-order valence-corrected chi connectivity index (χ2v) is 5.14. The minimum atomic E-state index is 0.517. The standard InChI is InChI=1S/C13H28/c1-8-11(5)13(7,10(3)4)12(6)9-2/h10-12H,8-9H2,1-7H3. The van der Waals surface area contributed by atoms with E-state index < -0.39 is 0 Å². The third-order valence-corrected chi connectivity index (χ3v) is 4.59. The Morgan fingerprint density at radius 2 is 1.15 bits per heavy atom. The molecule has 0 saturated heterocycles. The maximum Gasteiger partial charge on any atom is -0.0252 e. The van der Waals surface area contributed by atoms with Crippen molar-refractivity contribution >= 4 is 0 Å². The van der Waals surface area contributed by atoms with Crippen molar-refractivity contribution < 1.29 is 0 Å². The smallest absolute Gasteiger partial charge is 0.0252 e. The SMILES string of the molecule is CCC(C)C(C)(C(C)C)C(C)CC. The zero-order valence-electron chi connectivity index (χ0n) is 10.6. The Morgan fingerprint density at radius 1 is 0.846 bits per heavy atom. The van der Waals surface area contributed by atoms with Crippen molar-refractivity contribution in [3.8, 4) is 0 Å². The van der Waals surface area contributed by atoms with E-state index in [4.69, 9.17) is 0 Å². The van der Waals surface area contributed by atoms with Crippen LogP contribution in [0, 0.1) is 23.2 Å². The zero-order valence-corrected chi connectivity index (χ0v) is 10.6. The summed E-state index contributed by atoms with van der Waals surface area (Å²) in [5, 5.41) is 0. The summed E-state index contributed by atoms with van der Waals surface area (Å²) < 4.78 is 0. The molecule has 0 amide bonds. The molecule has 0 aliphatic carbocycles. The first kappa shape index (κ1) is 13.0. The highest BCUT2D eigenvalue weighted by Gasteiger charge is 2.37. The van der Waals surface area contributed by atoms with E-state index in [1.807, 2.05) is 0 Å². The molecule has 0 spiro atoms. The van der Waals surface area contributed by atoms with Gasteiger partial charge in [-0.05, 0) is 23.2 Å². The predicted molar refractivity (Wildman–Crippen MR) is 61.9 cm³/mol. The summed E-state index contributed by atoms with van der Waals surface area (Å²) in [7, 11) is 0. The Hall–Kier alpha value is 0. The minimum Gasteiger partial charge on any atom is -0.0651 e. The Bertz CT molecular complexity index is 125. The topological polar surface area (TPSA) is 0 Å². The third-order valence-electron chi connectivity index (χ3n) is 4.59. The van der Waals surface area contributed by atoms with Crippen molar-refractivity contribution in [2.45, 2.75) is 61.3 Å². The molecule has 0 aromatic carbocycles. The molecular formula is C13H28. The van der Waals surface area contributed by atoms with Gasteiger partial charge in [-0.3, -0.25) is 0 Å². The van der Waals surface area contributed by atoms with Gasteiger partial charge in [0.05, 0.1) is 0 Å². The normalized spacial score (nSPS) is 21.2. The highest BCUT2D eigenvalue weighted by atomic mass is 14.4. The van der Waals surface area contributed by atoms with E-state index in [0.29, 0.717) is 5.41 Å². The molecule has 0 aromatic heterocycles. The molecule has 0 saturated carbocycles. The molecule has 2 unspecified atom stereocenters. The van der Waals surface area contributed by atoms with Crippen LogP contribution < -0.4 is 0 Å². The molecule has 0 radical (unpaired) electrons. The molecule has 0 fully saturated rings. The molecule has 0 N–H and O–H groups in total. The van der Waals surface area contributed by atoms with Crippen molar-refractivity contribution in [2.24, 2.45) is 23.2 Å². The number of hydrogen-bond donors (Lipinski definition) is 0. The van der Waals surface area contributed by atoms with Crippen LogP contribution in [0.15, 0.2) is 0 Å². The quantitative estimate of drug-likeness (QED) is 0.579. The van der Waals surface area contributed by atoms with Crippen LogP contribution in [0.4, 0.5) is 0 Å². The molecule has 0 heterocycles. The fraction of sp³-hybridized carbons (Fsp3) is 1.00. The van der Waals surface area contributed by atoms with Crippen LogP contribution in [0.25, 0.3) is 0 Å². The van der Waals surface area contributed by atoms with E-state index in [-0.39, 0.29) is 0 Å². The van der Waals surface area contributed by atoms with Gasteiger partial charge in [0, 0.05) is 0 Å². The summed E-state index contributed by atoms with van der Waals surface area (Å²) in [5.74, 6) is 2.46. The van der Waals surface area contributed by atoms with Crippen molar-refractivity contribution in [1.29, 1.82) is 0 Å². The second kappa shape index (κ2) is 5.02. The summed E-state index contributed by atoms with van der Waals surface area (Å²) in [6, 6.07) is 0. The molecular weight excluding hydrogens is 156 g/mol. The van der Waals surface area contributed by atoms with Crippen LogP contribution in [-0.2, 0) is 0 Å². The van der Waals surface area contributed by atoms with Crippen LogP contribution in [0.5, 0.6) is 0 Å². The van der Waals surface area contributed by atoms with Gasteiger partial charge in [-0.2, -0.15) is 0 Å². The maximum absolute atomic E-state index is 2.47. The Kier molecular flexibility index (Phi) is 5.02. The van der Waals surface area contributed by atoms with Crippen LogP contribution in [0.3, 0.4) is 0 Å². The van der Waals surface area contributed by atoms with Gasteiger partial charge in [-0.25, -0.2) is 0 Å². The largest absolute Gasteiger partial charge is 0.0651 e. The van der Waals surface area contributed by atoms with E-state index in [1.54, 1.807) is 0 Å². The van der Waals surface area contributed by atoms with Gasteiger partial charge in [-0.1, -0.05) is 61.3 Å². The van der Waals surface area contributed by atoms with Gasteiger partial charge in [0.15, 0.2) is 0 Å². The summed E-state index contributed by atoms with van der Waals surface area (Å²) >= 11 is 0. The first-order valence-corrected chi connectivity index (χ1v) is 5.91. The van der Waals surface area contributed by atoms with Gasteiger partial charge in [0.1, 0.15) is 0 Å². The van der Waals surface area contributed by atoms with Crippen molar-refractivity contribution in [2.75, 3.05) is 0 Å². The highest BCUT2D eigenvalue weighted by Crippen LogP contribution is 2.45. The molecule has 0 aromatic rings. The van der Waals surface area contributed by atoms with Crippen LogP contribution in [0.2, 0.25) is 0 Å². The summed E-state index contributed by atoms with van der Waals surface area (Å²) in [6.45, 7) is 16.7. The van der Waals surface area contributed by atoms with Crippen molar-refractivity contribution in [3.63, 3.8) is 0 Å². The maximum atomic E-state index is 2.47.